The molecule has 386 valence electrons. The largest absolute Gasteiger partial charge is 0.462 e. The van der Waals surface area contributed by atoms with E-state index in [0.29, 0.717) is 19.3 Å². The summed E-state index contributed by atoms with van der Waals surface area (Å²) in [6.07, 6.45) is 70.3. The molecule has 1 atom stereocenters. The van der Waals surface area contributed by atoms with Crippen molar-refractivity contribution in [2.24, 2.45) is 0 Å². The second kappa shape index (κ2) is 55.4. The summed E-state index contributed by atoms with van der Waals surface area (Å²) in [6.45, 7) is 6.58. The molecule has 0 aromatic rings. The smallest absolute Gasteiger partial charge is 0.306 e. The Balaban J connectivity index is 4.46. The van der Waals surface area contributed by atoms with Gasteiger partial charge in [0, 0.05) is 19.3 Å². The van der Waals surface area contributed by atoms with Crippen LogP contribution in [0.4, 0.5) is 0 Å². The Kier molecular flexibility index (Phi) is 52.8. The molecule has 0 fully saturated rings. The average molecular weight is 936 g/mol. The third-order valence-corrected chi connectivity index (χ3v) is 12.2. The monoisotopic (exact) mass is 935 g/mol. The minimum Gasteiger partial charge on any atom is -0.462 e. The minimum absolute atomic E-state index is 0.0962. The number of rotatable bonds is 51. The summed E-state index contributed by atoms with van der Waals surface area (Å²) < 4.78 is 16.8. The standard InChI is InChI=1S/C61H106O6/c1-4-7-10-13-16-19-22-25-27-29-31-33-36-39-42-45-48-51-54-60(63)66-57-58(56-65-59(62)53-50-47-44-41-38-35-24-21-18-15-12-9-6-3)67-61(64)55-52-49-46-43-40-37-34-32-30-28-26-23-20-17-14-11-8-5-2/h22,25,27-35,38,58H,4-21,23-24,26,36-37,39-57H2,1-3H3/b25-22-,29-27-,30-28-,33-31-,34-32-,38-35-. The molecule has 6 heteroatoms. The zero-order chi connectivity index (χ0) is 48.6. The Labute approximate surface area is 414 Å². The Morgan fingerprint density at radius 2 is 0.552 bits per heavy atom. The van der Waals surface area contributed by atoms with E-state index in [-0.39, 0.29) is 31.1 Å². The molecule has 0 rings (SSSR count). The number of ether oxygens (including phenoxy) is 3. The van der Waals surface area contributed by atoms with Crippen LogP contribution in [0.5, 0.6) is 0 Å². The zero-order valence-electron chi connectivity index (χ0n) is 44.2. The van der Waals surface area contributed by atoms with Crippen molar-refractivity contribution in [3.05, 3.63) is 72.9 Å². The number of hydrogen-bond acceptors (Lipinski definition) is 6. The van der Waals surface area contributed by atoms with E-state index in [9.17, 15) is 14.4 Å². The first kappa shape index (κ1) is 63.8. The summed E-state index contributed by atoms with van der Waals surface area (Å²) >= 11 is 0. The summed E-state index contributed by atoms with van der Waals surface area (Å²) in [6, 6.07) is 0. The number of carbonyl (C=O) groups excluding carboxylic acids is 3. The molecule has 6 nitrogen and oxygen atoms in total. The van der Waals surface area contributed by atoms with Gasteiger partial charge < -0.3 is 14.2 Å². The van der Waals surface area contributed by atoms with Crippen molar-refractivity contribution in [3.63, 3.8) is 0 Å². The van der Waals surface area contributed by atoms with Crippen LogP contribution < -0.4 is 0 Å². The normalized spacial score (nSPS) is 12.6. The highest BCUT2D eigenvalue weighted by atomic mass is 16.6. The van der Waals surface area contributed by atoms with Crippen molar-refractivity contribution in [1.29, 1.82) is 0 Å². The molecule has 0 aliphatic rings. The molecular weight excluding hydrogens is 829 g/mol. The second-order valence-corrected chi connectivity index (χ2v) is 18.9. The summed E-state index contributed by atoms with van der Waals surface area (Å²) in [5.74, 6) is -0.939. The van der Waals surface area contributed by atoms with Gasteiger partial charge in [-0.25, -0.2) is 0 Å². The van der Waals surface area contributed by atoms with Gasteiger partial charge in [-0.05, 0) is 96.3 Å². The van der Waals surface area contributed by atoms with E-state index in [1.165, 1.54) is 122 Å². The molecule has 0 amide bonds. The van der Waals surface area contributed by atoms with Crippen molar-refractivity contribution in [1.82, 2.24) is 0 Å². The number of allylic oxidation sites excluding steroid dienone is 12. The zero-order valence-corrected chi connectivity index (χ0v) is 44.2. The second-order valence-electron chi connectivity index (χ2n) is 18.9. The van der Waals surface area contributed by atoms with Gasteiger partial charge >= 0.3 is 17.9 Å². The van der Waals surface area contributed by atoms with Crippen molar-refractivity contribution < 1.29 is 28.6 Å². The van der Waals surface area contributed by atoms with Crippen molar-refractivity contribution >= 4 is 17.9 Å². The van der Waals surface area contributed by atoms with Gasteiger partial charge in [0.15, 0.2) is 6.10 Å². The predicted octanol–water partition coefficient (Wildman–Crippen LogP) is 19.0. The topological polar surface area (TPSA) is 78.9 Å². The molecule has 0 aliphatic heterocycles. The highest BCUT2D eigenvalue weighted by Crippen LogP contribution is 2.14. The summed E-state index contributed by atoms with van der Waals surface area (Å²) in [4.78, 5) is 38.1. The van der Waals surface area contributed by atoms with Crippen LogP contribution in [0, 0.1) is 0 Å². The fourth-order valence-electron chi connectivity index (χ4n) is 7.90. The number of esters is 3. The van der Waals surface area contributed by atoms with E-state index in [0.717, 1.165) is 116 Å². The van der Waals surface area contributed by atoms with Crippen LogP contribution in [0.25, 0.3) is 0 Å². The average Bonchev–Trinajstić information content (AvgIpc) is 3.33. The van der Waals surface area contributed by atoms with Gasteiger partial charge in [-0.2, -0.15) is 0 Å². The molecule has 0 saturated carbocycles. The summed E-state index contributed by atoms with van der Waals surface area (Å²) in [5, 5.41) is 0. The first-order chi connectivity index (χ1) is 33.0. The van der Waals surface area contributed by atoms with E-state index in [1.807, 2.05) is 0 Å². The maximum Gasteiger partial charge on any atom is 0.306 e. The number of carbonyl (C=O) groups is 3. The SMILES string of the molecule is CCCCCCC\C=C/C=C\C=C/CCCCCCCC(=O)OCC(COC(=O)CCCCC/C=C\CCCCCCCC)OC(=O)CCCCCCC/C=C\C=C/CCCCCCCCC. The van der Waals surface area contributed by atoms with Gasteiger partial charge in [-0.1, -0.05) is 235 Å². The lowest BCUT2D eigenvalue weighted by Crippen LogP contribution is -2.30. The molecule has 0 bridgehead atoms. The number of unbranched alkanes of at least 4 members (excludes halogenated alkanes) is 31. The van der Waals surface area contributed by atoms with Gasteiger partial charge in [-0.3, -0.25) is 14.4 Å². The van der Waals surface area contributed by atoms with Gasteiger partial charge in [0.25, 0.3) is 0 Å². The molecule has 0 radical (unpaired) electrons. The molecule has 0 aromatic carbocycles. The first-order valence-corrected chi connectivity index (χ1v) is 28.5. The van der Waals surface area contributed by atoms with Crippen molar-refractivity contribution in [2.45, 2.75) is 284 Å². The molecule has 0 heterocycles. The van der Waals surface area contributed by atoms with Gasteiger partial charge in [-0.15, -0.1) is 0 Å². The lowest BCUT2D eigenvalue weighted by Gasteiger charge is -2.18. The van der Waals surface area contributed by atoms with Crippen molar-refractivity contribution in [3.8, 4) is 0 Å². The van der Waals surface area contributed by atoms with Crippen LogP contribution in [-0.4, -0.2) is 37.2 Å². The van der Waals surface area contributed by atoms with E-state index in [1.54, 1.807) is 0 Å². The van der Waals surface area contributed by atoms with Crippen LogP contribution >= 0.6 is 0 Å². The fraction of sp³-hybridized carbons (Fsp3) is 0.754. The molecule has 0 spiro atoms. The Bertz CT molecular complexity index is 1260. The Hall–Kier alpha value is -3.15. The number of hydrogen-bond donors (Lipinski definition) is 0. The predicted molar refractivity (Wildman–Crippen MR) is 288 cm³/mol. The summed E-state index contributed by atoms with van der Waals surface area (Å²) in [7, 11) is 0. The molecule has 0 aliphatic carbocycles. The third-order valence-electron chi connectivity index (χ3n) is 12.2. The third kappa shape index (κ3) is 53.7. The molecule has 1 unspecified atom stereocenters. The Morgan fingerprint density at radius 3 is 0.896 bits per heavy atom. The highest BCUT2D eigenvalue weighted by Gasteiger charge is 2.19. The van der Waals surface area contributed by atoms with Gasteiger partial charge in [0.05, 0.1) is 0 Å². The van der Waals surface area contributed by atoms with Crippen LogP contribution in [0.3, 0.4) is 0 Å². The van der Waals surface area contributed by atoms with E-state index < -0.39 is 6.10 Å². The van der Waals surface area contributed by atoms with Crippen LogP contribution in [0.1, 0.15) is 278 Å². The first-order valence-electron chi connectivity index (χ1n) is 28.5. The van der Waals surface area contributed by atoms with E-state index in [2.05, 4.69) is 93.7 Å². The minimum atomic E-state index is -0.798. The molecule has 0 saturated heterocycles. The molecule has 67 heavy (non-hydrogen) atoms. The fourth-order valence-corrected chi connectivity index (χ4v) is 7.90. The van der Waals surface area contributed by atoms with E-state index in [4.69, 9.17) is 14.2 Å². The molecule has 0 N–H and O–H groups in total. The lowest BCUT2D eigenvalue weighted by atomic mass is 10.1. The summed E-state index contributed by atoms with van der Waals surface area (Å²) in [5.41, 5.74) is 0. The lowest BCUT2D eigenvalue weighted by molar-refractivity contribution is -0.167. The van der Waals surface area contributed by atoms with E-state index >= 15 is 0 Å². The van der Waals surface area contributed by atoms with Crippen LogP contribution in [-0.2, 0) is 28.6 Å². The van der Waals surface area contributed by atoms with Crippen LogP contribution in [0.2, 0.25) is 0 Å². The Morgan fingerprint density at radius 1 is 0.299 bits per heavy atom. The quantitative estimate of drug-likeness (QED) is 0.0199. The highest BCUT2D eigenvalue weighted by molar-refractivity contribution is 5.71. The van der Waals surface area contributed by atoms with Crippen molar-refractivity contribution in [2.75, 3.05) is 13.2 Å². The molecular formula is C61H106O6. The van der Waals surface area contributed by atoms with Gasteiger partial charge in [0.2, 0.25) is 0 Å². The maximum absolute atomic E-state index is 12.8. The van der Waals surface area contributed by atoms with Gasteiger partial charge in [0.1, 0.15) is 13.2 Å². The maximum atomic E-state index is 12.8. The van der Waals surface area contributed by atoms with Crippen LogP contribution in [0.15, 0.2) is 72.9 Å². The molecule has 0 aromatic heterocycles.